The molecule has 1 atom stereocenters. The van der Waals surface area contributed by atoms with E-state index in [1.807, 2.05) is 55.5 Å². The quantitative estimate of drug-likeness (QED) is 0.863. The summed E-state index contributed by atoms with van der Waals surface area (Å²) < 4.78 is 5.45. The van der Waals surface area contributed by atoms with E-state index in [4.69, 9.17) is 4.74 Å². The van der Waals surface area contributed by atoms with E-state index in [1.165, 1.54) is 0 Å². The molecule has 2 heterocycles. The lowest BCUT2D eigenvalue weighted by atomic mass is 10.1. The van der Waals surface area contributed by atoms with Crippen LogP contribution in [0.25, 0.3) is 0 Å². The van der Waals surface area contributed by atoms with Gasteiger partial charge < -0.3 is 4.74 Å². The number of hydrogen-bond donors (Lipinski definition) is 0. The molecule has 0 bridgehead atoms. The molecule has 4 nitrogen and oxygen atoms in total. The van der Waals surface area contributed by atoms with E-state index >= 15 is 0 Å². The Morgan fingerprint density at radius 2 is 2.05 bits per heavy atom. The van der Waals surface area contributed by atoms with Gasteiger partial charge in [0.05, 0.1) is 11.7 Å². The van der Waals surface area contributed by atoms with Gasteiger partial charge in [0.25, 0.3) is 0 Å². The Morgan fingerprint density at radius 3 is 2.82 bits per heavy atom. The van der Waals surface area contributed by atoms with E-state index in [2.05, 4.69) is 4.98 Å². The van der Waals surface area contributed by atoms with Crippen molar-refractivity contribution in [3.8, 4) is 0 Å². The van der Waals surface area contributed by atoms with Crippen LogP contribution < -0.4 is 0 Å². The highest BCUT2D eigenvalue weighted by Crippen LogP contribution is 2.31. The molecule has 1 aromatic carbocycles. The van der Waals surface area contributed by atoms with Crippen molar-refractivity contribution < 1.29 is 9.53 Å². The van der Waals surface area contributed by atoms with Crippen molar-refractivity contribution in [2.75, 3.05) is 6.54 Å². The summed E-state index contributed by atoms with van der Waals surface area (Å²) in [6.07, 6.45) is 1.67. The van der Waals surface area contributed by atoms with Gasteiger partial charge in [0.2, 0.25) is 0 Å². The lowest BCUT2D eigenvalue weighted by molar-refractivity contribution is 0.0915. The monoisotopic (exact) mass is 296 g/mol. The number of rotatable bonds is 3. The van der Waals surface area contributed by atoms with Gasteiger partial charge in [0.1, 0.15) is 6.61 Å². The van der Waals surface area contributed by atoms with E-state index in [0.29, 0.717) is 6.61 Å². The molecule has 0 N–H and O–H groups in total. The summed E-state index contributed by atoms with van der Waals surface area (Å²) >= 11 is 0. The van der Waals surface area contributed by atoms with Crippen LogP contribution in [0.5, 0.6) is 0 Å². The Bertz CT molecular complexity index is 643. The molecule has 1 aliphatic heterocycles. The SMILES string of the molecule is Cc1cccc([C@H]2CCCN2C(=O)OCc2ccccc2)n1. The number of carbonyl (C=O) groups excluding carboxylic acids is 1. The first-order valence-electron chi connectivity index (χ1n) is 7.65. The molecule has 1 fully saturated rings. The van der Waals surface area contributed by atoms with Gasteiger partial charge in [-0.1, -0.05) is 36.4 Å². The van der Waals surface area contributed by atoms with Crippen molar-refractivity contribution in [1.29, 1.82) is 0 Å². The standard InChI is InChI=1S/C18H20N2O2/c1-14-7-5-10-16(19-14)17-11-6-12-20(17)18(21)22-13-15-8-3-2-4-9-15/h2-5,7-10,17H,6,11-13H2,1H3/t17-/m1/s1. The second-order valence-corrected chi connectivity index (χ2v) is 5.60. The smallest absolute Gasteiger partial charge is 0.410 e. The molecular weight excluding hydrogens is 276 g/mol. The van der Waals surface area contributed by atoms with Gasteiger partial charge in [-0.25, -0.2) is 4.79 Å². The van der Waals surface area contributed by atoms with Crippen LogP contribution in [0.1, 0.15) is 35.8 Å². The summed E-state index contributed by atoms with van der Waals surface area (Å²) in [7, 11) is 0. The molecule has 2 aromatic rings. The molecule has 0 spiro atoms. The molecule has 1 aromatic heterocycles. The van der Waals surface area contributed by atoms with Crippen molar-refractivity contribution >= 4 is 6.09 Å². The molecule has 4 heteroatoms. The van der Waals surface area contributed by atoms with Crippen LogP contribution in [0, 0.1) is 6.92 Å². The highest BCUT2D eigenvalue weighted by Gasteiger charge is 2.31. The average Bonchev–Trinajstić information content (AvgIpc) is 3.03. The minimum absolute atomic E-state index is 0.0307. The molecule has 0 radical (unpaired) electrons. The van der Waals surface area contributed by atoms with E-state index in [-0.39, 0.29) is 12.1 Å². The number of nitrogens with zero attached hydrogens (tertiary/aromatic N) is 2. The summed E-state index contributed by atoms with van der Waals surface area (Å²) in [6, 6.07) is 15.7. The van der Waals surface area contributed by atoms with Gasteiger partial charge in [-0.3, -0.25) is 9.88 Å². The van der Waals surface area contributed by atoms with Crippen LogP contribution in [-0.2, 0) is 11.3 Å². The number of aryl methyl sites for hydroxylation is 1. The van der Waals surface area contributed by atoms with Gasteiger partial charge in [-0.05, 0) is 37.5 Å². The first kappa shape index (κ1) is 14.6. The summed E-state index contributed by atoms with van der Waals surface area (Å²) in [6.45, 7) is 3.01. The molecule has 0 saturated carbocycles. The van der Waals surface area contributed by atoms with Crippen molar-refractivity contribution in [2.24, 2.45) is 0 Å². The first-order chi connectivity index (χ1) is 10.7. The largest absolute Gasteiger partial charge is 0.445 e. The van der Waals surface area contributed by atoms with E-state index in [0.717, 1.165) is 36.3 Å². The molecule has 1 saturated heterocycles. The molecule has 114 valence electrons. The number of amides is 1. The number of likely N-dealkylation sites (tertiary alicyclic amines) is 1. The van der Waals surface area contributed by atoms with Crippen molar-refractivity contribution in [3.05, 3.63) is 65.5 Å². The Labute approximate surface area is 130 Å². The molecule has 22 heavy (non-hydrogen) atoms. The second kappa shape index (κ2) is 6.60. The lowest BCUT2D eigenvalue weighted by Crippen LogP contribution is -2.31. The summed E-state index contributed by atoms with van der Waals surface area (Å²) in [4.78, 5) is 18.7. The Hall–Kier alpha value is -2.36. The van der Waals surface area contributed by atoms with Gasteiger partial charge in [-0.2, -0.15) is 0 Å². The van der Waals surface area contributed by atoms with Crippen LogP contribution in [0.4, 0.5) is 4.79 Å². The minimum Gasteiger partial charge on any atom is -0.445 e. The molecule has 0 unspecified atom stereocenters. The second-order valence-electron chi connectivity index (χ2n) is 5.60. The van der Waals surface area contributed by atoms with Crippen molar-refractivity contribution in [3.63, 3.8) is 0 Å². The third-order valence-electron chi connectivity index (χ3n) is 3.94. The normalized spacial score (nSPS) is 17.5. The molecular formula is C18H20N2O2. The van der Waals surface area contributed by atoms with E-state index in [1.54, 1.807) is 4.90 Å². The van der Waals surface area contributed by atoms with Gasteiger partial charge in [0.15, 0.2) is 0 Å². The molecule has 3 rings (SSSR count). The van der Waals surface area contributed by atoms with Crippen LogP contribution in [-0.4, -0.2) is 22.5 Å². The predicted octanol–water partition coefficient (Wildman–Crippen LogP) is 3.86. The van der Waals surface area contributed by atoms with E-state index in [9.17, 15) is 4.79 Å². The fourth-order valence-electron chi connectivity index (χ4n) is 2.84. The first-order valence-corrected chi connectivity index (χ1v) is 7.65. The highest BCUT2D eigenvalue weighted by atomic mass is 16.6. The number of benzene rings is 1. The fourth-order valence-corrected chi connectivity index (χ4v) is 2.84. The molecule has 1 amide bonds. The third-order valence-corrected chi connectivity index (χ3v) is 3.94. The number of ether oxygens (including phenoxy) is 1. The van der Waals surface area contributed by atoms with E-state index < -0.39 is 0 Å². The van der Waals surface area contributed by atoms with Crippen molar-refractivity contribution in [1.82, 2.24) is 9.88 Å². The Balaban J connectivity index is 1.66. The predicted molar refractivity (Wildman–Crippen MR) is 84.3 cm³/mol. The van der Waals surface area contributed by atoms with Gasteiger partial charge in [-0.15, -0.1) is 0 Å². The third kappa shape index (κ3) is 3.27. The minimum atomic E-state index is -0.255. The Morgan fingerprint density at radius 1 is 1.23 bits per heavy atom. The summed E-state index contributed by atoms with van der Waals surface area (Å²) in [5, 5.41) is 0. The maximum atomic E-state index is 12.4. The topological polar surface area (TPSA) is 42.4 Å². The van der Waals surface area contributed by atoms with Crippen LogP contribution >= 0.6 is 0 Å². The van der Waals surface area contributed by atoms with Gasteiger partial charge in [0, 0.05) is 12.2 Å². The average molecular weight is 296 g/mol. The fraction of sp³-hybridized carbons (Fsp3) is 0.333. The number of carbonyl (C=O) groups is 1. The maximum Gasteiger partial charge on any atom is 0.410 e. The molecule has 0 aliphatic carbocycles. The maximum absolute atomic E-state index is 12.4. The van der Waals surface area contributed by atoms with Gasteiger partial charge >= 0.3 is 6.09 Å². The summed E-state index contributed by atoms with van der Waals surface area (Å²) in [5.74, 6) is 0. The molecule has 1 aliphatic rings. The summed E-state index contributed by atoms with van der Waals surface area (Å²) in [5.41, 5.74) is 2.93. The van der Waals surface area contributed by atoms with Crippen LogP contribution in [0.15, 0.2) is 48.5 Å². The highest BCUT2D eigenvalue weighted by molar-refractivity contribution is 5.68. The van der Waals surface area contributed by atoms with Crippen molar-refractivity contribution in [2.45, 2.75) is 32.4 Å². The van der Waals surface area contributed by atoms with Crippen LogP contribution in [0.3, 0.4) is 0 Å². The zero-order chi connectivity index (χ0) is 15.4. The number of hydrogen-bond acceptors (Lipinski definition) is 3. The van der Waals surface area contributed by atoms with Crippen LogP contribution in [0.2, 0.25) is 0 Å². The lowest BCUT2D eigenvalue weighted by Gasteiger charge is -2.23. The zero-order valence-electron chi connectivity index (χ0n) is 12.7. The number of aromatic nitrogens is 1. The zero-order valence-corrected chi connectivity index (χ0v) is 12.7. The number of pyridine rings is 1. The Kier molecular flexibility index (Phi) is 4.37.